The summed E-state index contributed by atoms with van der Waals surface area (Å²) in [6, 6.07) is 5.75. The van der Waals surface area contributed by atoms with Gasteiger partial charge in [-0.3, -0.25) is 18.7 Å². The molecule has 2 aromatic heterocycles. The van der Waals surface area contributed by atoms with Gasteiger partial charge in [0, 0.05) is 36.3 Å². The Morgan fingerprint density at radius 1 is 1.20 bits per heavy atom. The van der Waals surface area contributed by atoms with Gasteiger partial charge >= 0.3 is 5.69 Å². The molecule has 4 rings (SSSR count). The molecule has 158 valence electrons. The van der Waals surface area contributed by atoms with Crippen LogP contribution in [0.15, 0.2) is 27.8 Å². The van der Waals surface area contributed by atoms with Gasteiger partial charge in [0.05, 0.1) is 6.54 Å². The second-order valence-electron chi connectivity index (χ2n) is 8.73. The number of fused-ring (bicyclic) bond motifs is 3. The summed E-state index contributed by atoms with van der Waals surface area (Å²) in [6.45, 7) is 8.14. The van der Waals surface area contributed by atoms with Gasteiger partial charge in [-0.1, -0.05) is 38.4 Å². The number of rotatable bonds is 3. The molecular formula is C21H24ClN5O3. The molecule has 0 spiro atoms. The Kier molecular flexibility index (Phi) is 4.65. The topological polar surface area (TPSA) is 82.1 Å². The lowest BCUT2D eigenvalue weighted by Gasteiger charge is -2.17. The van der Waals surface area contributed by atoms with Gasteiger partial charge < -0.3 is 9.47 Å². The molecule has 0 radical (unpaired) electrons. The van der Waals surface area contributed by atoms with E-state index in [0.29, 0.717) is 35.2 Å². The molecule has 8 nitrogen and oxygen atoms in total. The number of ketones is 1. The molecule has 3 heterocycles. The first kappa shape index (κ1) is 20.4. The Morgan fingerprint density at radius 2 is 1.90 bits per heavy atom. The van der Waals surface area contributed by atoms with Crippen molar-refractivity contribution in [1.29, 1.82) is 0 Å². The van der Waals surface area contributed by atoms with Gasteiger partial charge in [-0.2, -0.15) is 4.98 Å². The van der Waals surface area contributed by atoms with E-state index in [0.717, 1.165) is 15.8 Å². The van der Waals surface area contributed by atoms with Crippen LogP contribution in [0.1, 0.15) is 26.3 Å². The summed E-state index contributed by atoms with van der Waals surface area (Å²) in [5.74, 6) is 0.398. The normalized spacial score (nSPS) is 13.9. The van der Waals surface area contributed by atoms with Crippen molar-refractivity contribution in [2.24, 2.45) is 12.5 Å². The lowest BCUT2D eigenvalue weighted by atomic mass is 9.91. The van der Waals surface area contributed by atoms with E-state index in [1.54, 1.807) is 27.8 Å². The Hall–Kier alpha value is -2.87. The van der Waals surface area contributed by atoms with E-state index in [9.17, 15) is 14.4 Å². The quantitative estimate of drug-likeness (QED) is 0.639. The van der Waals surface area contributed by atoms with Crippen LogP contribution in [-0.4, -0.2) is 31.0 Å². The lowest BCUT2D eigenvalue weighted by molar-refractivity contribution is -0.127. The van der Waals surface area contributed by atoms with Gasteiger partial charge in [-0.05, 0) is 24.6 Å². The van der Waals surface area contributed by atoms with E-state index in [-0.39, 0.29) is 12.3 Å². The van der Waals surface area contributed by atoms with Crippen molar-refractivity contribution in [3.8, 4) is 0 Å². The third-order valence-corrected chi connectivity index (χ3v) is 6.01. The summed E-state index contributed by atoms with van der Waals surface area (Å²) in [4.78, 5) is 45.1. The molecule has 0 saturated carbocycles. The van der Waals surface area contributed by atoms with E-state index in [1.165, 1.54) is 4.57 Å². The van der Waals surface area contributed by atoms with Crippen LogP contribution in [0, 0.1) is 12.3 Å². The Labute approximate surface area is 178 Å². The number of halogens is 1. The number of aromatic nitrogens is 4. The van der Waals surface area contributed by atoms with Gasteiger partial charge in [0.15, 0.2) is 16.9 Å². The SMILES string of the molecule is Cc1ccc(N2CCn3c2nc2c3c(=O)n(CC(=O)C(C)(C)C)c(=O)n2C)cc1Cl. The molecule has 0 saturated heterocycles. The summed E-state index contributed by atoms with van der Waals surface area (Å²) in [5, 5.41) is 0.650. The first-order chi connectivity index (χ1) is 14.0. The number of nitrogens with zero attached hydrogens (tertiary/aromatic N) is 5. The van der Waals surface area contributed by atoms with Crippen molar-refractivity contribution in [2.45, 2.75) is 40.8 Å². The number of hydrogen-bond acceptors (Lipinski definition) is 5. The van der Waals surface area contributed by atoms with Gasteiger partial charge in [0.1, 0.15) is 0 Å². The van der Waals surface area contributed by atoms with Crippen LogP contribution in [-0.2, 0) is 24.9 Å². The lowest BCUT2D eigenvalue weighted by Crippen LogP contribution is -2.43. The minimum Gasteiger partial charge on any atom is -0.310 e. The summed E-state index contributed by atoms with van der Waals surface area (Å²) < 4.78 is 4.15. The van der Waals surface area contributed by atoms with Crippen molar-refractivity contribution in [2.75, 3.05) is 11.4 Å². The van der Waals surface area contributed by atoms with E-state index >= 15 is 0 Å². The van der Waals surface area contributed by atoms with Crippen LogP contribution in [0.2, 0.25) is 5.02 Å². The number of hydrogen-bond donors (Lipinski definition) is 0. The molecular weight excluding hydrogens is 406 g/mol. The maximum absolute atomic E-state index is 13.2. The molecule has 0 amide bonds. The first-order valence-electron chi connectivity index (χ1n) is 9.77. The van der Waals surface area contributed by atoms with Gasteiger partial charge in [-0.25, -0.2) is 4.79 Å². The van der Waals surface area contributed by atoms with Crippen LogP contribution in [0.4, 0.5) is 11.6 Å². The first-order valence-corrected chi connectivity index (χ1v) is 10.2. The molecule has 3 aromatic rings. The number of carbonyl (C=O) groups excluding carboxylic acids is 1. The molecule has 0 aliphatic carbocycles. The maximum Gasteiger partial charge on any atom is 0.332 e. The fourth-order valence-electron chi connectivity index (χ4n) is 3.59. The zero-order valence-corrected chi connectivity index (χ0v) is 18.4. The molecule has 0 bridgehead atoms. The highest BCUT2D eigenvalue weighted by atomic mass is 35.5. The smallest absolute Gasteiger partial charge is 0.310 e. The van der Waals surface area contributed by atoms with Crippen LogP contribution < -0.4 is 16.1 Å². The fourth-order valence-corrected chi connectivity index (χ4v) is 3.77. The van der Waals surface area contributed by atoms with Crippen LogP contribution in [0.25, 0.3) is 11.2 Å². The third-order valence-electron chi connectivity index (χ3n) is 5.61. The van der Waals surface area contributed by atoms with Crippen LogP contribution in [0.5, 0.6) is 0 Å². The number of aryl methyl sites for hydroxylation is 2. The van der Waals surface area contributed by atoms with E-state index in [4.69, 9.17) is 11.6 Å². The number of benzene rings is 1. The predicted octanol–water partition coefficient (Wildman–Crippen LogP) is 2.63. The largest absolute Gasteiger partial charge is 0.332 e. The number of Topliss-reactive ketones (excluding diaryl/α,β-unsaturated/α-hetero) is 1. The Morgan fingerprint density at radius 3 is 2.53 bits per heavy atom. The monoisotopic (exact) mass is 429 g/mol. The second-order valence-corrected chi connectivity index (χ2v) is 9.13. The highest BCUT2D eigenvalue weighted by Crippen LogP contribution is 2.33. The summed E-state index contributed by atoms with van der Waals surface area (Å²) in [5.41, 5.74) is 0.784. The standard InChI is InChI=1S/C21H24ClN5O3/c1-12-6-7-13(10-14(12)22)25-8-9-26-16-17(23-19(25)26)24(5)20(30)27(18(16)29)11-15(28)21(2,3)4/h6-7,10H,8-9,11H2,1-5H3. The molecule has 1 aliphatic rings. The summed E-state index contributed by atoms with van der Waals surface area (Å²) >= 11 is 6.29. The van der Waals surface area contributed by atoms with Crippen molar-refractivity contribution in [1.82, 2.24) is 18.7 Å². The second kappa shape index (κ2) is 6.84. The van der Waals surface area contributed by atoms with Crippen molar-refractivity contribution >= 4 is 40.2 Å². The molecule has 1 aromatic carbocycles. The molecule has 0 fully saturated rings. The molecule has 0 N–H and O–H groups in total. The fraction of sp³-hybridized carbons (Fsp3) is 0.429. The zero-order valence-electron chi connectivity index (χ0n) is 17.7. The number of anilines is 2. The van der Waals surface area contributed by atoms with E-state index < -0.39 is 16.7 Å². The number of imidazole rings is 1. The average molecular weight is 430 g/mol. The maximum atomic E-state index is 13.2. The average Bonchev–Trinajstić information content (AvgIpc) is 3.24. The summed E-state index contributed by atoms with van der Waals surface area (Å²) in [7, 11) is 1.57. The van der Waals surface area contributed by atoms with Crippen LogP contribution >= 0.6 is 11.6 Å². The molecule has 30 heavy (non-hydrogen) atoms. The predicted molar refractivity (Wildman–Crippen MR) is 117 cm³/mol. The zero-order chi connectivity index (χ0) is 22.0. The highest BCUT2D eigenvalue weighted by Gasteiger charge is 2.30. The third kappa shape index (κ3) is 3.06. The van der Waals surface area contributed by atoms with Crippen molar-refractivity contribution in [3.63, 3.8) is 0 Å². The molecule has 0 atom stereocenters. The van der Waals surface area contributed by atoms with E-state index in [2.05, 4.69) is 4.98 Å². The Bertz CT molecular complexity index is 1310. The van der Waals surface area contributed by atoms with Crippen molar-refractivity contribution < 1.29 is 4.79 Å². The molecule has 1 aliphatic heterocycles. The summed E-state index contributed by atoms with van der Waals surface area (Å²) in [6.07, 6.45) is 0. The highest BCUT2D eigenvalue weighted by molar-refractivity contribution is 6.31. The minimum absolute atomic E-state index is 0.182. The minimum atomic E-state index is -0.653. The van der Waals surface area contributed by atoms with Gasteiger partial charge in [-0.15, -0.1) is 0 Å². The molecule has 0 unspecified atom stereocenters. The number of carbonyl (C=O) groups is 1. The Balaban J connectivity index is 1.89. The van der Waals surface area contributed by atoms with Crippen molar-refractivity contribution in [3.05, 3.63) is 49.6 Å². The van der Waals surface area contributed by atoms with Gasteiger partial charge in [0.25, 0.3) is 5.56 Å². The van der Waals surface area contributed by atoms with Crippen LogP contribution in [0.3, 0.4) is 0 Å². The van der Waals surface area contributed by atoms with Gasteiger partial charge in [0.2, 0.25) is 5.95 Å². The van der Waals surface area contributed by atoms with E-state index in [1.807, 2.05) is 34.6 Å². The molecule has 9 heteroatoms.